The van der Waals surface area contributed by atoms with Crippen molar-refractivity contribution in [3.05, 3.63) is 109 Å². The highest BCUT2D eigenvalue weighted by molar-refractivity contribution is 6.09. The van der Waals surface area contributed by atoms with Crippen molar-refractivity contribution >= 4 is 21.8 Å². The van der Waals surface area contributed by atoms with E-state index in [1.807, 2.05) is 12.1 Å². The molecule has 168 valence electrons. The van der Waals surface area contributed by atoms with E-state index in [0.717, 1.165) is 52.4 Å². The Morgan fingerprint density at radius 3 is 2.37 bits per heavy atom. The zero-order chi connectivity index (χ0) is 23.4. The van der Waals surface area contributed by atoms with Crippen molar-refractivity contribution in [2.75, 3.05) is 0 Å². The summed E-state index contributed by atoms with van der Waals surface area (Å²) in [5.74, 6) is 2.95. The van der Waals surface area contributed by atoms with Crippen molar-refractivity contribution < 1.29 is 4.74 Å². The first-order valence-corrected chi connectivity index (χ1v) is 12.2. The van der Waals surface area contributed by atoms with E-state index in [4.69, 9.17) is 9.72 Å². The minimum absolute atomic E-state index is 0.917. The molecule has 0 fully saturated rings. The second-order valence-electron chi connectivity index (χ2n) is 9.09. The van der Waals surface area contributed by atoms with Gasteiger partial charge in [0.25, 0.3) is 0 Å². The minimum Gasteiger partial charge on any atom is -0.456 e. The average molecular weight is 453 g/mol. The molecule has 2 heterocycles. The molecular weight excluding hydrogens is 428 g/mol. The molecule has 1 aliphatic heterocycles. The van der Waals surface area contributed by atoms with E-state index in [0.29, 0.717) is 0 Å². The van der Waals surface area contributed by atoms with Gasteiger partial charge in [0.1, 0.15) is 17.3 Å². The molecule has 0 saturated heterocycles. The monoisotopic (exact) mass is 452 g/mol. The van der Waals surface area contributed by atoms with Crippen molar-refractivity contribution in [2.24, 2.45) is 0 Å². The smallest absolute Gasteiger partial charge is 0.135 e. The van der Waals surface area contributed by atoms with E-state index < -0.39 is 0 Å². The minimum atomic E-state index is 0.917. The molecule has 35 heavy (non-hydrogen) atoms. The molecule has 3 nitrogen and oxygen atoms in total. The maximum absolute atomic E-state index is 6.28. The van der Waals surface area contributed by atoms with Gasteiger partial charge in [-0.1, -0.05) is 73.7 Å². The van der Waals surface area contributed by atoms with Crippen LogP contribution < -0.4 is 4.74 Å². The third-order valence-corrected chi connectivity index (χ3v) is 6.94. The van der Waals surface area contributed by atoms with E-state index in [2.05, 4.69) is 102 Å². The van der Waals surface area contributed by atoms with Crippen molar-refractivity contribution in [3.63, 3.8) is 0 Å². The summed E-state index contributed by atoms with van der Waals surface area (Å²) in [7, 11) is 0. The molecule has 7 rings (SSSR count). The number of ether oxygens (including phenoxy) is 1. The third-order valence-electron chi connectivity index (χ3n) is 6.94. The summed E-state index contributed by atoms with van der Waals surface area (Å²) in [4.78, 5) is 4.90. The van der Waals surface area contributed by atoms with Gasteiger partial charge in [-0.2, -0.15) is 0 Å². The van der Waals surface area contributed by atoms with Gasteiger partial charge in [0.2, 0.25) is 0 Å². The first-order chi connectivity index (χ1) is 17.3. The predicted molar refractivity (Wildman–Crippen MR) is 144 cm³/mol. The number of hydrogen-bond acceptors (Lipinski definition) is 2. The maximum atomic E-state index is 6.28. The highest BCUT2D eigenvalue weighted by Gasteiger charge is 2.21. The molecule has 0 N–H and O–H groups in total. The highest BCUT2D eigenvalue weighted by Crippen LogP contribution is 2.48. The topological polar surface area (TPSA) is 27.1 Å². The number of rotatable bonds is 4. The van der Waals surface area contributed by atoms with E-state index in [1.165, 1.54) is 27.5 Å². The SMILES string of the molecule is CCCc1nc2ccccc2n1-c1ccc(-c2ccc3c4c(cccc24)-c2ccccc2O3)cc1. The number of hydrogen-bond donors (Lipinski definition) is 0. The Bertz CT molecular complexity index is 1730. The predicted octanol–water partition coefficient (Wildman–Crippen LogP) is 8.57. The molecule has 5 aromatic carbocycles. The van der Waals surface area contributed by atoms with Crippen LogP contribution in [0.4, 0.5) is 0 Å². The molecule has 0 amide bonds. The molecule has 0 radical (unpaired) electrons. The van der Waals surface area contributed by atoms with Crippen LogP contribution in [0, 0.1) is 0 Å². The van der Waals surface area contributed by atoms with Crippen LogP contribution in [0.3, 0.4) is 0 Å². The molecule has 0 saturated carbocycles. The Balaban J connectivity index is 1.36. The molecule has 0 bridgehead atoms. The van der Waals surface area contributed by atoms with Crippen LogP contribution in [0.2, 0.25) is 0 Å². The lowest BCUT2D eigenvalue weighted by Gasteiger charge is -2.22. The second kappa shape index (κ2) is 7.85. The molecule has 1 aliphatic rings. The van der Waals surface area contributed by atoms with Crippen LogP contribution in [0.5, 0.6) is 11.5 Å². The van der Waals surface area contributed by atoms with Crippen LogP contribution >= 0.6 is 0 Å². The lowest BCUT2D eigenvalue weighted by molar-refractivity contribution is 0.487. The highest BCUT2D eigenvalue weighted by atomic mass is 16.5. The molecule has 1 aromatic heterocycles. The summed E-state index contributed by atoms with van der Waals surface area (Å²) in [6.07, 6.45) is 2.01. The summed E-state index contributed by atoms with van der Waals surface area (Å²) in [5, 5.41) is 2.39. The van der Waals surface area contributed by atoms with Crippen LogP contribution in [-0.4, -0.2) is 9.55 Å². The van der Waals surface area contributed by atoms with Crippen LogP contribution in [0.15, 0.2) is 103 Å². The fraction of sp³-hybridized carbons (Fsp3) is 0.0938. The van der Waals surface area contributed by atoms with Gasteiger partial charge in [-0.25, -0.2) is 4.98 Å². The second-order valence-corrected chi connectivity index (χ2v) is 9.09. The molecule has 0 atom stereocenters. The van der Waals surface area contributed by atoms with Gasteiger partial charge in [0, 0.05) is 23.1 Å². The van der Waals surface area contributed by atoms with E-state index in [9.17, 15) is 0 Å². The molecular formula is C32H24N2O. The Hall–Kier alpha value is -4.37. The quantitative estimate of drug-likeness (QED) is 0.267. The largest absolute Gasteiger partial charge is 0.456 e. The lowest BCUT2D eigenvalue weighted by atomic mass is 9.90. The first-order valence-electron chi connectivity index (χ1n) is 12.2. The zero-order valence-electron chi connectivity index (χ0n) is 19.5. The lowest BCUT2D eigenvalue weighted by Crippen LogP contribution is -2.01. The van der Waals surface area contributed by atoms with Gasteiger partial charge in [-0.15, -0.1) is 0 Å². The third kappa shape index (κ3) is 3.08. The number of aryl methyl sites for hydroxylation is 1. The first kappa shape index (κ1) is 20.0. The summed E-state index contributed by atoms with van der Waals surface area (Å²) >= 11 is 0. The van der Waals surface area contributed by atoms with Gasteiger partial charge in [0.05, 0.1) is 11.0 Å². The van der Waals surface area contributed by atoms with Gasteiger partial charge >= 0.3 is 0 Å². The molecule has 0 spiro atoms. The molecule has 0 aliphatic carbocycles. The summed E-state index contributed by atoms with van der Waals surface area (Å²) in [5.41, 5.74) is 8.12. The Kier molecular flexibility index (Phi) is 4.49. The van der Waals surface area contributed by atoms with Gasteiger partial charge in [0.15, 0.2) is 0 Å². The Morgan fingerprint density at radius 1 is 0.686 bits per heavy atom. The number of aromatic nitrogens is 2. The molecule has 0 unspecified atom stereocenters. The van der Waals surface area contributed by atoms with E-state index >= 15 is 0 Å². The van der Waals surface area contributed by atoms with Gasteiger partial charge in [-0.3, -0.25) is 4.57 Å². The number of para-hydroxylation sites is 3. The van der Waals surface area contributed by atoms with Crippen LogP contribution in [0.1, 0.15) is 19.2 Å². The standard InChI is InChI=1S/C32H24N2O/c1-2-8-31-33-27-12-4-5-13-28(27)34(31)22-17-15-21(16-18-22)23-19-20-30-32-25(23)10-7-11-26(32)24-9-3-6-14-29(24)35-30/h3-7,9-20H,2,8H2,1H3. The number of benzene rings is 5. The Labute approximate surface area is 204 Å². The van der Waals surface area contributed by atoms with E-state index in [1.54, 1.807) is 0 Å². The van der Waals surface area contributed by atoms with Crippen molar-refractivity contribution in [1.29, 1.82) is 0 Å². The van der Waals surface area contributed by atoms with Gasteiger partial charge in [-0.05, 0) is 64.9 Å². The zero-order valence-corrected chi connectivity index (χ0v) is 19.5. The summed E-state index contributed by atoms with van der Waals surface area (Å²) in [6, 6.07) is 36.4. The van der Waals surface area contributed by atoms with Crippen molar-refractivity contribution in [2.45, 2.75) is 19.8 Å². The number of fused-ring (bicyclic) bond motifs is 3. The fourth-order valence-electron chi connectivity index (χ4n) is 5.38. The summed E-state index contributed by atoms with van der Waals surface area (Å²) in [6.45, 7) is 2.20. The summed E-state index contributed by atoms with van der Waals surface area (Å²) < 4.78 is 8.57. The molecule has 3 heteroatoms. The number of nitrogens with zero attached hydrogens (tertiary/aromatic N) is 2. The maximum Gasteiger partial charge on any atom is 0.135 e. The normalized spacial score (nSPS) is 12.0. The van der Waals surface area contributed by atoms with E-state index in [-0.39, 0.29) is 0 Å². The van der Waals surface area contributed by atoms with Crippen LogP contribution in [0.25, 0.3) is 49.7 Å². The fourth-order valence-corrected chi connectivity index (χ4v) is 5.38. The average Bonchev–Trinajstić information content (AvgIpc) is 3.27. The van der Waals surface area contributed by atoms with Crippen molar-refractivity contribution in [1.82, 2.24) is 9.55 Å². The van der Waals surface area contributed by atoms with Crippen LogP contribution in [-0.2, 0) is 6.42 Å². The number of imidazole rings is 1. The van der Waals surface area contributed by atoms with Gasteiger partial charge < -0.3 is 4.74 Å². The molecule has 6 aromatic rings. The Morgan fingerprint density at radius 2 is 1.49 bits per heavy atom. The van der Waals surface area contributed by atoms with Crippen molar-refractivity contribution in [3.8, 4) is 39.4 Å².